The molecule has 1 aromatic heterocycles. The lowest BCUT2D eigenvalue weighted by atomic mass is 10.1. The number of nitrogens with one attached hydrogen (secondary N) is 1. The van der Waals surface area contributed by atoms with Crippen LogP contribution in [0.2, 0.25) is 0 Å². The Morgan fingerprint density at radius 2 is 2.04 bits per heavy atom. The van der Waals surface area contributed by atoms with Crippen LogP contribution in [0.25, 0.3) is 22.2 Å². The molecule has 6 heteroatoms. The summed E-state index contributed by atoms with van der Waals surface area (Å²) in [5.74, 6) is 0.770. The highest BCUT2D eigenvalue weighted by Crippen LogP contribution is 2.36. The molecule has 3 aromatic rings. The van der Waals surface area contributed by atoms with E-state index in [0.29, 0.717) is 17.8 Å². The van der Waals surface area contributed by atoms with E-state index in [4.69, 9.17) is 4.74 Å². The van der Waals surface area contributed by atoms with Gasteiger partial charge in [-0.3, -0.25) is 5.32 Å². The van der Waals surface area contributed by atoms with E-state index in [1.165, 1.54) is 7.11 Å². The van der Waals surface area contributed by atoms with Crippen LogP contribution in [-0.4, -0.2) is 23.9 Å². The zero-order valence-electron chi connectivity index (χ0n) is 16.4. The maximum Gasteiger partial charge on any atom is 0.411 e. The van der Waals surface area contributed by atoms with Crippen LogP contribution in [0.3, 0.4) is 0 Å². The molecule has 0 aliphatic heterocycles. The molecule has 0 bridgehead atoms. The molecule has 1 N–H and O–H groups in total. The number of amides is 1. The van der Waals surface area contributed by atoms with Crippen LogP contribution in [0.1, 0.15) is 26.3 Å². The van der Waals surface area contributed by atoms with Gasteiger partial charge in [-0.25, -0.2) is 4.79 Å². The molecule has 0 spiro atoms. The summed E-state index contributed by atoms with van der Waals surface area (Å²) >= 11 is 0. The summed E-state index contributed by atoms with van der Waals surface area (Å²) in [6.07, 6.45) is -0.470. The summed E-state index contributed by atoms with van der Waals surface area (Å²) in [5.41, 5.74) is 3.80. The second kappa shape index (κ2) is 8.05. The predicted octanol–water partition coefficient (Wildman–Crippen LogP) is 5.17. The highest BCUT2D eigenvalue weighted by Gasteiger charge is 2.19. The molecule has 0 aliphatic carbocycles. The molecule has 28 heavy (non-hydrogen) atoms. The van der Waals surface area contributed by atoms with Crippen molar-refractivity contribution in [3.63, 3.8) is 0 Å². The Labute approximate surface area is 164 Å². The standard InChI is InChI=1S/C22H23N3O3/c1-5-25-20-12-17(28-14(2)3)9-10-18(20)19(13-23)21(25)15-7-6-8-16(11-15)24-22(26)27-4/h6-12,14H,5H2,1-4H3,(H,24,26). The Morgan fingerprint density at radius 1 is 1.25 bits per heavy atom. The van der Waals surface area contributed by atoms with Crippen LogP contribution in [0.15, 0.2) is 42.5 Å². The van der Waals surface area contributed by atoms with Crippen molar-refractivity contribution in [2.45, 2.75) is 33.4 Å². The van der Waals surface area contributed by atoms with Crippen molar-refractivity contribution in [1.82, 2.24) is 4.57 Å². The second-order valence-corrected chi connectivity index (χ2v) is 6.62. The monoisotopic (exact) mass is 377 g/mol. The van der Waals surface area contributed by atoms with Crippen molar-refractivity contribution in [3.05, 3.63) is 48.0 Å². The quantitative estimate of drug-likeness (QED) is 0.666. The molecule has 0 saturated heterocycles. The number of hydrogen-bond donors (Lipinski definition) is 1. The maximum atomic E-state index is 11.5. The van der Waals surface area contributed by atoms with Gasteiger partial charge in [0.1, 0.15) is 11.8 Å². The summed E-state index contributed by atoms with van der Waals surface area (Å²) in [6.45, 7) is 6.69. The lowest BCUT2D eigenvalue weighted by molar-refractivity contribution is 0.187. The van der Waals surface area contributed by atoms with E-state index in [2.05, 4.69) is 20.7 Å². The fraction of sp³-hybridized carbons (Fsp3) is 0.273. The van der Waals surface area contributed by atoms with Crippen molar-refractivity contribution in [1.29, 1.82) is 5.26 Å². The number of aryl methyl sites for hydroxylation is 1. The first-order chi connectivity index (χ1) is 13.5. The minimum absolute atomic E-state index is 0.0680. The molecular weight excluding hydrogens is 354 g/mol. The van der Waals surface area contributed by atoms with Gasteiger partial charge >= 0.3 is 6.09 Å². The normalized spacial score (nSPS) is 10.7. The summed E-state index contributed by atoms with van der Waals surface area (Å²) in [5, 5.41) is 13.4. The predicted molar refractivity (Wildman–Crippen MR) is 110 cm³/mol. The zero-order valence-corrected chi connectivity index (χ0v) is 16.4. The number of nitrogens with zero attached hydrogens (tertiary/aromatic N) is 2. The Morgan fingerprint density at radius 3 is 2.68 bits per heavy atom. The third kappa shape index (κ3) is 3.65. The number of carbonyl (C=O) groups is 1. The topological polar surface area (TPSA) is 76.3 Å². The van der Waals surface area contributed by atoms with Crippen molar-refractivity contribution >= 4 is 22.7 Å². The first kappa shape index (κ1) is 19.3. The number of aromatic nitrogens is 1. The molecule has 1 amide bonds. The lowest BCUT2D eigenvalue weighted by Crippen LogP contribution is -2.10. The highest BCUT2D eigenvalue weighted by atomic mass is 16.5. The summed E-state index contributed by atoms with van der Waals surface area (Å²) in [6, 6.07) is 15.5. The Hall–Kier alpha value is -3.46. The summed E-state index contributed by atoms with van der Waals surface area (Å²) in [7, 11) is 1.32. The Kier molecular flexibility index (Phi) is 5.55. The number of hydrogen-bond acceptors (Lipinski definition) is 4. The number of rotatable bonds is 5. The van der Waals surface area contributed by atoms with Crippen molar-refractivity contribution in [3.8, 4) is 23.1 Å². The number of carbonyl (C=O) groups excluding carboxylic acids is 1. The van der Waals surface area contributed by atoms with E-state index in [1.54, 1.807) is 6.07 Å². The van der Waals surface area contributed by atoms with E-state index in [1.807, 2.05) is 57.2 Å². The average Bonchev–Trinajstić information content (AvgIpc) is 3.00. The molecular formula is C22H23N3O3. The molecule has 2 aromatic carbocycles. The van der Waals surface area contributed by atoms with E-state index >= 15 is 0 Å². The molecule has 144 valence electrons. The van der Waals surface area contributed by atoms with Gasteiger partial charge in [-0.05, 0) is 45.0 Å². The first-order valence-corrected chi connectivity index (χ1v) is 9.16. The van der Waals surface area contributed by atoms with Gasteiger partial charge in [-0.15, -0.1) is 0 Å². The van der Waals surface area contributed by atoms with Crippen LogP contribution < -0.4 is 10.1 Å². The Balaban J connectivity index is 2.19. The lowest BCUT2D eigenvalue weighted by Gasteiger charge is -2.12. The molecule has 0 aliphatic rings. The molecule has 0 saturated carbocycles. The van der Waals surface area contributed by atoms with E-state index < -0.39 is 6.09 Å². The molecule has 0 atom stereocenters. The molecule has 3 rings (SSSR count). The smallest absolute Gasteiger partial charge is 0.411 e. The fourth-order valence-electron chi connectivity index (χ4n) is 3.33. The van der Waals surface area contributed by atoms with Crippen molar-refractivity contribution < 1.29 is 14.3 Å². The first-order valence-electron chi connectivity index (χ1n) is 9.16. The van der Waals surface area contributed by atoms with Gasteiger partial charge in [-0.1, -0.05) is 12.1 Å². The van der Waals surface area contributed by atoms with Crippen LogP contribution in [0, 0.1) is 11.3 Å². The second-order valence-electron chi connectivity index (χ2n) is 6.62. The minimum atomic E-state index is -0.538. The van der Waals surface area contributed by atoms with Gasteiger partial charge in [0.2, 0.25) is 0 Å². The number of benzene rings is 2. The van der Waals surface area contributed by atoms with Gasteiger partial charge in [0, 0.05) is 29.2 Å². The largest absolute Gasteiger partial charge is 0.491 e. The van der Waals surface area contributed by atoms with Gasteiger partial charge in [0.05, 0.1) is 30.0 Å². The summed E-state index contributed by atoms with van der Waals surface area (Å²) < 4.78 is 12.6. The van der Waals surface area contributed by atoms with Crippen LogP contribution in [0.5, 0.6) is 5.75 Å². The third-order valence-corrected chi connectivity index (χ3v) is 4.40. The van der Waals surface area contributed by atoms with Crippen molar-refractivity contribution in [2.24, 2.45) is 0 Å². The number of methoxy groups -OCH3 is 1. The summed E-state index contributed by atoms with van der Waals surface area (Å²) in [4.78, 5) is 11.5. The van der Waals surface area contributed by atoms with Crippen LogP contribution in [0.4, 0.5) is 10.5 Å². The minimum Gasteiger partial charge on any atom is -0.491 e. The molecule has 1 heterocycles. The van der Waals surface area contributed by atoms with Crippen molar-refractivity contribution in [2.75, 3.05) is 12.4 Å². The molecule has 0 fully saturated rings. The third-order valence-electron chi connectivity index (χ3n) is 4.40. The highest BCUT2D eigenvalue weighted by molar-refractivity contribution is 5.96. The van der Waals surface area contributed by atoms with Gasteiger partial charge < -0.3 is 14.0 Å². The SMILES string of the molecule is CCn1c(-c2cccc(NC(=O)OC)c2)c(C#N)c2ccc(OC(C)C)cc21. The number of anilines is 1. The maximum absolute atomic E-state index is 11.5. The van der Waals surface area contributed by atoms with Crippen LogP contribution in [-0.2, 0) is 11.3 Å². The zero-order chi connectivity index (χ0) is 20.3. The molecule has 6 nitrogen and oxygen atoms in total. The number of fused-ring (bicyclic) bond motifs is 1. The van der Waals surface area contributed by atoms with E-state index in [-0.39, 0.29) is 6.10 Å². The van der Waals surface area contributed by atoms with E-state index in [9.17, 15) is 10.1 Å². The van der Waals surface area contributed by atoms with E-state index in [0.717, 1.165) is 27.9 Å². The molecule has 0 unspecified atom stereocenters. The average molecular weight is 377 g/mol. The van der Waals surface area contributed by atoms with Gasteiger partial charge in [-0.2, -0.15) is 5.26 Å². The number of nitriles is 1. The molecule has 0 radical (unpaired) electrons. The number of ether oxygens (including phenoxy) is 2. The fourth-order valence-corrected chi connectivity index (χ4v) is 3.33. The van der Waals surface area contributed by atoms with Gasteiger partial charge in [0.15, 0.2) is 0 Å². The van der Waals surface area contributed by atoms with Crippen LogP contribution >= 0.6 is 0 Å². The van der Waals surface area contributed by atoms with Gasteiger partial charge in [0.25, 0.3) is 0 Å². The Bertz CT molecular complexity index is 1060.